The summed E-state index contributed by atoms with van der Waals surface area (Å²) in [4.78, 5) is 36.9. The summed E-state index contributed by atoms with van der Waals surface area (Å²) in [5.41, 5.74) is 0.713. The molecule has 1 aromatic rings. The van der Waals surface area contributed by atoms with Crippen molar-refractivity contribution in [1.29, 1.82) is 0 Å². The summed E-state index contributed by atoms with van der Waals surface area (Å²) in [5.74, 6) is -2.28. The minimum absolute atomic E-state index is 0.116. The van der Waals surface area contributed by atoms with E-state index >= 15 is 0 Å². The number of carbonyl (C=O) groups is 3. The molecule has 0 aromatic heterocycles. The Bertz CT molecular complexity index is 806. The van der Waals surface area contributed by atoms with Gasteiger partial charge in [-0.3, -0.25) is 14.4 Å². The lowest BCUT2D eigenvalue weighted by Gasteiger charge is -2.19. The van der Waals surface area contributed by atoms with Crippen LogP contribution in [0.5, 0.6) is 0 Å². The lowest BCUT2D eigenvalue weighted by Crippen LogP contribution is -2.37. The Hall–Kier alpha value is -1.82. The standard InChI is InChI=1S/C16H16O5S/c1-8-5-10(22(2,20)21)3-4-11(8)15(18)14-13(17)7-9-6-12(9)16(14)19/h3-5,9,12,14H,6-7H2,1-2H3/t9-,12-,14?/m1/s1. The van der Waals surface area contributed by atoms with Crippen molar-refractivity contribution in [3.63, 3.8) is 0 Å². The number of hydrogen-bond acceptors (Lipinski definition) is 5. The lowest BCUT2D eigenvalue weighted by atomic mass is 9.81. The zero-order valence-corrected chi connectivity index (χ0v) is 13.1. The maximum atomic E-state index is 12.6. The van der Waals surface area contributed by atoms with Crippen LogP contribution in [0.4, 0.5) is 0 Å². The molecule has 1 unspecified atom stereocenters. The van der Waals surface area contributed by atoms with E-state index in [-0.39, 0.29) is 33.9 Å². The van der Waals surface area contributed by atoms with Gasteiger partial charge in [0, 0.05) is 24.2 Å². The number of sulfone groups is 1. The van der Waals surface area contributed by atoms with E-state index in [1.807, 2.05) is 0 Å². The van der Waals surface area contributed by atoms with Gasteiger partial charge in [0.15, 0.2) is 27.2 Å². The van der Waals surface area contributed by atoms with Gasteiger partial charge in [0.25, 0.3) is 0 Å². The van der Waals surface area contributed by atoms with E-state index in [1.165, 1.54) is 18.2 Å². The van der Waals surface area contributed by atoms with Crippen LogP contribution in [0.15, 0.2) is 23.1 Å². The first-order chi connectivity index (χ1) is 10.2. The van der Waals surface area contributed by atoms with Crippen LogP contribution >= 0.6 is 0 Å². The van der Waals surface area contributed by atoms with Crippen LogP contribution in [0.1, 0.15) is 28.8 Å². The highest BCUT2D eigenvalue weighted by atomic mass is 32.2. The second kappa shape index (κ2) is 4.84. The van der Waals surface area contributed by atoms with Crippen molar-refractivity contribution in [3.8, 4) is 0 Å². The number of Topliss-reactive ketones (excluding diaryl/α,β-unsaturated/α-hetero) is 3. The number of benzene rings is 1. The Balaban J connectivity index is 1.95. The van der Waals surface area contributed by atoms with Gasteiger partial charge in [-0.05, 0) is 43.0 Å². The molecule has 5 nitrogen and oxygen atoms in total. The van der Waals surface area contributed by atoms with E-state index in [4.69, 9.17) is 0 Å². The van der Waals surface area contributed by atoms with Crippen LogP contribution in [-0.2, 0) is 19.4 Å². The molecule has 0 spiro atoms. The molecule has 0 N–H and O–H groups in total. The third kappa shape index (κ3) is 2.41. The Kier molecular flexibility index (Phi) is 3.32. The van der Waals surface area contributed by atoms with Gasteiger partial charge in [-0.25, -0.2) is 8.42 Å². The predicted molar refractivity (Wildman–Crippen MR) is 78.3 cm³/mol. The fourth-order valence-corrected chi connectivity index (χ4v) is 3.85. The van der Waals surface area contributed by atoms with Crippen LogP contribution in [0.25, 0.3) is 0 Å². The predicted octanol–water partition coefficient (Wildman–Crippen LogP) is 1.38. The molecular weight excluding hydrogens is 304 g/mol. The maximum Gasteiger partial charge on any atom is 0.181 e. The first kappa shape index (κ1) is 15.1. The van der Waals surface area contributed by atoms with E-state index in [2.05, 4.69) is 0 Å². The molecule has 2 aliphatic rings. The molecule has 2 fully saturated rings. The Morgan fingerprint density at radius 2 is 1.91 bits per heavy atom. The Morgan fingerprint density at radius 1 is 1.23 bits per heavy atom. The van der Waals surface area contributed by atoms with Crippen molar-refractivity contribution in [1.82, 2.24) is 0 Å². The summed E-state index contributed by atoms with van der Waals surface area (Å²) in [5, 5.41) is 0. The number of ketones is 3. The summed E-state index contributed by atoms with van der Waals surface area (Å²) < 4.78 is 23.1. The van der Waals surface area contributed by atoms with E-state index in [1.54, 1.807) is 6.92 Å². The molecule has 3 rings (SSSR count). The van der Waals surface area contributed by atoms with Crippen molar-refractivity contribution in [2.24, 2.45) is 17.8 Å². The fourth-order valence-electron chi connectivity index (χ4n) is 3.14. The second-order valence-corrected chi connectivity index (χ2v) is 8.24. The highest BCUT2D eigenvalue weighted by molar-refractivity contribution is 7.90. The average molecular weight is 320 g/mol. The smallest absolute Gasteiger partial charge is 0.181 e. The summed E-state index contributed by atoms with van der Waals surface area (Å²) in [6.45, 7) is 1.61. The lowest BCUT2D eigenvalue weighted by molar-refractivity contribution is -0.133. The molecule has 6 heteroatoms. The van der Waals surface area contributed by atoms with Gasteiger partial charge in [0.2, 0.25) is 0 Å². The largest absolute Gasteiger partial charge is 0.298 e. The average Bonchev–Trinajstić information content (AvgIpc) is 3.16. The van der Waals surface area contributed by atoms with Gasteiger partial charge in [-0.15, -0.1) is 0 Å². The van der Waals surface area contributed by atoms with Gasteiger partial charge in [-0.1, -0.05) is 0 Å². The third-order valence-corrected chi connectivity index (χ3v) is 5.62. The molecule has 0 aliphatic heterocycles. The zero-order chi connectivity index (χ0) is 16.2. The maximum absolute atomic E-state index is 12.6. The van der Waals surface area contributed by atoms with Crippen molar-refractivity contribution in [3.05, 3.63) is 29.3 Å². The Morgan fingerprint density at radius 3 is 2.50 bits per heavy atom. The molecular formula is C16H16O5S. The molecule has 22 heavy (non-hydrogen) atoms. The minimum atomic E-state index is -3.36. The third-order valence-electron chi connectivity index (χ3n) is 4.51. The van der Waals surface area contributed by atoms with Crippen LogP contribution in [0.2, 0.25) is 0 Å². The summed E-state index contributed by atoms with van der Waals surface area (Å²) in [7, 11) is -3.36. The number of carbonyl (C=O) groups excluding carboxylic acids is 3. The molecule has 0 amide bonds. The van der Waals surface area contributed by atoms with E-state index in [9.17, 15) is 22.8 Å². The van der Waals surface area contributed by atoms with Crippen molar-refractivity contribution < 1.29 is 22.8 Å². The van der Waals surface area contributed by atoms with E-state index < -0.39 is 21.5 Å². The summed E-state index contributed by atoms with van der Waals surface area (Å²) in [6, 6.07) is 4.14. The van der Waals surface area contributed by atoms with Crippen LogP contribution in [0.3, 0.4) is 0 Å². The van der Waals surface area contributed by atoms with E-state index in [0.29, 0.717) is 18.4 Å². The molecule has 116 valence electrons. The van der Waals surface area contributed by atoms with Gasteiger partial charge in [0.1, 0.15) is 5.92 Å². The van der Waals surface area contributed by atoms with Crippen LogP contribution in [-0.4, -0.2) is 32.0 Å². The first-order valence-corrected chi connectivity index (χ1v) is 9.00. The van der Waals surface area contributed by atoms with Crippen molar-refractivity contribution in [2.75, 3.05) is 6.26 Å². The topological polar surface area (TPSA) is 85.3 Å². The monoisotopic (exact) mass is 320 g/mol. The van der Waals surface area contributed by atoms with Crippen molar-refractivity contribution in [2.45, 2.75) is 24.7 Å². The highest BCUT2D eigenvalue weighted by Crippen LogP contribution is 2.48. The highest BCUT2D eigenvalue weighted by Gasteiger charge is 2.54. The second-order valence-electron chi connectivity index (χ2n) is 6.22. The van der Waals surface area contributed by atoms with Crippen LogP contribution in [0, 0.1) is 24.7 Å². The quantitative estimate of drug-likeness (QED) is 0.620. The zero-order valence-electron chi connectivity index (χ0n) is 12.3. The van der Waals surface area contributed by atoms with Crippen LogP contribution < -0.4 is 0 Å². The SMILES string of the molecule is Cc1cc(S(C)(=O)=O)ccc1C(=O)C1C(=O)C[C@H]2C[C@H]2C1=O. The number of hydrogen-bond donors (Lipinski definition) is 0. The molecule has 0 heterocycles. The molecule has 2 saturated carbocycles. The van der Waals surface area contributed by atoms with Crippen molar-refractivity contribution >= 4 is 27.2 Å². The Labute approximate surface area is 128 Å². The minimum Gasteiger partial charge on any atom is -0.298 e. The number of rotatable bonds is 3. The summed E-state index contributed by atoms with van der Waals surface area (Å²) in [6.07, 6.45) is 2.10. The van der Waals surface area contributed by atoms with Gasteiger partial charge in [-0.2, -0.15) is 0 Å². The first-order valence-electron chi connectivity index (χ1n) is 7.11. The normalized spacial score (nSPS) is 27.5. The fraction of sp³-hybridized carbons (Fsp3) is 0.438. The molecule has 3 atom stereocenters. The number of fused-ring (bicyclic) bond motifs is 1. The van der Waals surface area contributed by atoms with Gasteiger partial charge in [0.05, 0.1) is 4.90 Å². The van der Waals surface area contributed by atoms with Gasteiger partial charge < -0.3 is 0 Å². The number of aryl methyl sites for hydroxylation is 1. The summed E-state index contributed by atoms with van der Waals surface area (Å²) >= 11 is 0. The molecule has 0 saturated heterocycles. The van der Waals surface area contributed by atoms with E-state index in [0.717, 1.165) is 6.26 Å². The van der Waals surface area contributed by atoms with Gasteiger partial charge >= 0.3 is 0 Å². The molecule has 0 bridgehead atoms. The molecule has 2 aliphatic carbocycles. The molecule has 1 aromatic carbocycles. The molecule has 0 radical (unpaired) electrons.